The summed E-state index contributed by atoms with van der Waals surface area (Å²) in [5.74, 6) is 0.578. The summed E-state index contributed by atoms with van der Waals surface area (Å²) in [5, 5.41) is 2.65. The Balaban J connectivity index is 2.30. The predicted octanol–water partition coefficient (Wildman–Crippen LogP) is 3.76. The fourth-order valence-electron chi connectivity index (χ4n) is 2.23. The van der Waals surface area contributed by atoms with E-state index in [1.54, 1.807) is 0 Å². The molecule has 0 aromatic heterocycles. The average molecular weight is 227 g/mol. The van der Waals surface area contributed by atoms with Gasteiger partial charge >= 0.3 is 0 Å². The molecule has 2 N–H and O–H groups in total. The van der Waals surface area contributed by atoms with Crippen molar-refractivity contribution in [3.05, 3.63) is 48.0 Å². The molecule has 0 aliphatic heterocycles. The molecule has 0 amide bonds. The fraction of sp³-hybridized carbons (Fsp3) is 0.375. The third-order valence-corrected chi connectivity index (χ3v) is 3.71. The molecule has 2 aromatic rings. The van der Waals surface area contributed by atoms with Crippen molar-refractivity contribution in [2.45, 2.75) is 32.7 Å². The second kappa shape index (κ2) is 5.33. The van der Waals surface area contributed by atoms with Gasteiger partial charge in [-0.1, -0.05) is 62.7 Å². The molecule has 0 aliphatic rings. The molecule has 0 saturated carbocycles. The molecule has 0 radical (unpaired) electrons. The molecule has 2 rings (SSSR count). The molecule has 2 atom stereocenters. The van der Waals surface area contributed by atoms with E-state index >= 15 is 0 Å². The van der Waals surface area contributed by atoms with Crippen molar-refractivity contribution in [3.63, 3.8) is 0 Å². The largest absolute Gasteiger partial charge is 0.327 e. The minimum absolute atomic E-state index is 0.255. The van der Waals surface area contributed by atoms with Crippen LogP contribution in [-0.2, 0) is 6.42 Å². The molecule has 0 spiro atoms. The van der Waals surface area contributed by atoms with Crippen LogP contribution in [0.4, 0.5) is 0 Å². The van der Waals surface area contributed by atoms with Gasteiger partial charge in [-0.25, -0.2) is 0 Å². The molecule has 0 aliphatic carbocycles. The van der Waals surface area contributed by atoms with Gasteiger partial charge in [0.2, 0.25) is 0 Å². The molecule has 1 heteroatoms. The quantitative estimate of drug-likeness (QED) is 0.845. The Morgan fingerprint density at radius 1 is 1.06 bits per heavy atom. The van der Waals surface area contributed by atoms with E-state index in [-0.39, 0.29) is 6.04 Å². The van der Waals surface area contributed by atoms with E-state index in [1.807, 2.05) is 0 Å². The predicted molar refractivity (Wildman–Crippen MR) is 75.1 cm³/mol. The Labute approximate surface area is 104 Å². The van der Waals surface area contributed by atoms with Gasteiger partial charge in [-0.15, -0.1) is 0 Å². The summed E-state index contributed by atoms with van der Waals surface area (Å²) < 4.78 is 0. The van der Waals surface area contributed by atoms with Crippen molar-refractivity contribution in [1.82, 2.24) is 0 Å². The maximum atomic E-state index is 6.25. The second-order valence-electron chi connectivity index (χ2n) is 4.89. The van der Waals surface area contributed by atoms with Crippen molar-refractivity contribution in [1.29, 1.82) is 0 Å². The van der Waals surface area contributed by atoms with Crippen LogP contribution in [-0.4, -0.2) is 6.04 Å². The summed E-state index contributed by atoms with van der Waals surface area (Å²) in [4.78, 5) is 0. The molecule has 0 saturated heterocycles. The zero-order chi connectivity index (χ0) is 12.3. The van der Waals surface area contributed by atoms with E-state index in [0.717, 1.165) is 12.8 Å². The zero-order valence-corrected chi connectivity index (χ0v) is 10.7. The van der Waals surface area contributed by atoms with Crippen molar-refractivity contribution in [2.75, 3.05) is 0 Å². The Hall–Kier alpha value is -1.34. The Morgan fingerprint density at radius 3 is 2.53 bits per heavy atom. The molecule has 17 heavy (non-hydrogen) atoms. The fourth-order valence-corrected chi connectivity index (χ4v) is 2.23. The third-order valence-electron chi connectivity index (χ3n) is 3.71. The smallest absolute Gasteiger partial charge is 0.0105 e. The molecule has 1 nitrogen and oxygen atoms in total. The average Bonchev–Trinajstić information content (AvgIpc) is 2.38. The third kappa shape index (κ3) is 2.67. The first-order valence-electron chi connectivity index (χ1n) is 6.44. The summed E-state index contributed by atoms with van der Waals surface area (Å²) in [6.45, 7) is 4.43. The van der Waals surface area contributed by atoms with Crippen molar-refractivity contribution in [3.8, 4) is 0 Å². The first-order chi connectivity index (χ1) is 8.22. The molecule has 90 valence electrons. The van der Waals surface area contributed by atoms with E-state index in [0.29, 0.717) is 5.92 Å². The summed E-state index contributed by atoms with van der Waals surface area (Å²) in [6.07, 6.45) is 2.11. The lowest BCUT2D eigenvalue weighted by Crippen LogP contribution is -2.30. The molecular formula is C16H21N. The summed E-state index contributed by atoms with van der Waals surface area (Å²) in [5.41, 5.74) is 7.62. The molecule has 0 bridgehead atoms. The van der Waals surface area contributed by atoms with E-state index in [2.05, 4.69) is 56.3 Å². The molecule has 0 heterocycles. The van der Waals surface area contributed by atoms with Gasteiger partial charge < -0.3 is 5.73 Å². The van der Waals surface area contributed by atoms with Crippen LogP contribution in [0.5, 0.6) is 0 Å². The molecular weight excluding hydrogens is 206 g/mol. The van der Waals surface area contributed by atoms with Crippen LogP contribution in [0.15, 0.2) is 42.5 Å². The van der Waals surface area contributed by atoms with Gasteiger partial charge in [-0.3, -0.25) is 0 Å². The summed E-state index contributed by atoms with van der Waals surface area (Å²) in [6, 6.07) is 15.3. The zero-order valence-electron chi connectivity index (χ0n) is 10.7. The highest BCUT2D eigenvalue weighted by Crippen LogP contribution is 2.21. The lowest BCUT2D eigenvalue weighted by atomic mass is 9.91. The number of nitrogens with two attached hydrogens (primary N) is 1. The monoisotopic (exact) mass is 227 g/mol. The van der Waals surface area contributed by atoms with Gasteiger partial charge in [0, 0.05) is 6.04 Å². The van der Waals surface area contributed by atoms with Gasteiger partial charge in [0.25, 0.3) is 0 Å². The van der Waals surface area contributed by atoms with Crippen LogP contribution < -0.4 is 5.73 Å². The van der Waals surface area contributed by atoms with Crippen molar-refractivity contribution < 1.29 is 0 Å². The SMILES string of the molecule is CCC(C)C(N)Cc1cccc2ccccc12. The van der Waals surface area contributed by atoms with E-state index in [1.165, 1.54) is 16.3 Å². The van der Waals surface area contributed by atoms with Gasteiger partial charge in [0.15, 0.2) is 0 Å². The van der Waals surface area contributed by atoms with E-state index < -0.39 is 0 Å². The Bertz CT molecular complexity index is 484. The van der Waals surface area contributed by atoms with Crippen molar-refractivity contribution in [2.24, 2.45) is 11.7 Å². The topological polar surface area (TPSA) is 26.0 Å². The van der Waals surface area contributed by atoms with Crippen molar-refractivity contribution >= 4 is 10.8 Å². The highest BCUT2D eigenvalue weighted by molar-refractivity contribution is 5.85. The van der Waals surface area contributed by atoms with Crippen LogP contribution >= 0.6 is 0 Å². The maximum absolute atomic E-state index is 6.25. The Kier molecular flexibility index (Phi) is 3.80. The lowest BCUT2D eigenvalue weighted by Gasteiger charge is -2.19. The molecule has 2 aromatic carbocycles. The first-order valence-corrected chi connectivity index (χ1v) is 6.44. The second-order valence-corrected chi connectivity index (χ2v) is 4.89. The number of rotatable bonds is 4. The van der Waals surface area contributed by atoms with E-state index in [4.69, 9.17) is 5.73 Å². The number of benzene rings is 2. The van der Waals surface area contributed by atoms with Crippen LogP contribution in [0.1, 0.15) is 25.8 Å². The Morgan fingerprint density at radius 2 is 1.76 bits per heavy atom. The van der Waals surface area contributed by atoms with Gasteiger partial charge in [-0.05, 0) is 28.7 Å². The minimum Gasteiger partial charge on any atom is -0.327 e. The number of fused-ring (bicyclic) bond motifs is 1. The van der Waals surface area contributed by atoms with Crippen LogP contribution in [0.2, 0.25) is 0 Å². The maximum Gasteiger partial charge on any atom is 0.0105 e. The van der Waals surface area contributed by atoms with Crippen LogP contribution in [0.25, 0.3) is 10.8 Å². The van der Waals surface area contributed by atoms with Crippen LogP contribution in [0, 0.1) is 5.92 Å². The normalized spacial score (nSPS) is 14.8. The minimum atomic E-state index is 0.255. The lowest BCUT2D eigenvalue weighted by molar-refractivity contribution is 0.441. The summed E-state index contributed by atoms with van der Waals surface area (Å²) >= 11 is 0. The van der Waals surface area contributed by atoms with Gasteiger partial charge in [-0.2, -0.15) is 0 Å². The first kappa shape index (κ1) is 12.1. The van der Waals surface area contributed by atoms with E-state index in [9.17, 15) is 0 Å². The summed E-state index contributed by atoms with van der Waals surface area (Å²) in [7, 11) is 0. The van der Waals surface area contributed by atoms with Crippen LogP contribution in [0.3, 0.4) is 0 Å². The number of hydrogen-bond acceptors (Lipinski definition) is 1. The van der Waals surface area contributed by atoms with Gasteiger partial charge in [0.05, 0.1) is 0 Å². The highest BCUT2D eigenvalue weighted by atomic mass is 14.6. The highest BCUT2D eigenvalue weighted by Gasteiger charge is 2.12. The van der Waals surface area contributed by atoms with Gasteiger partial charge in [0.1, 0.15) is 0 Å². The molecule has 2 unspecified atom stereocenters. The standard InChI is InChI=1S/C16H21N/c1-3-12(2)16(17)11-14-9-6-8-13-7-4-5-10-15(13)14/h4-10,12,16H,3,11,17H2,1-2H3. The molecule has 0 fully saturated rings. The number of hydrogen-bond donors (Lipinski definition) is 1.